The Hall–Kier alpha value is -2.87. The summed E-state index contributed by atoms with van der Waals surface area (Å²) in [6.45, 7) is 0. The molecule has 106 valence electrons. The first-order valence-electron chi connectivity index (χ1n) is 7.29. The average molecular weight is 286 g/mol. The van der Waals surface area contributed by atoms with Crippen molar-refractivity contribution >= 4 is 21.5 Å². The fraction of sp³-hybridized carbons (Fsp3) is 0.0500. The van der Waals surface area contributed by atoms with Crippen LogP contribution in [-0.2, 0) is 6.42 Å². The minimum Gasteiger partial charge on any atom is -0.427 e. The van der Waals surface area contributed by atoms with Gasteiger partial charge in [-0.15, -0.1) is 0 Å². The van der Waals surface area contributed by atoms with Gasteiger partial charge in [-0.05, 0) is 33.9 Å². The Balaban J connectivity index is 1.77. The maximum atomic E-state index is 12.0. The molecule has 1 aromatic heterocycles. The van der Waals surface area contributed by atoms with E-state index in [1.165, 1.54) is 10.8 Å². The van der Waals surface area contributed by atoms with Gasteiger partial charge in [0.15, 0.2) is 0 Å². The highest BCUT2D eigenvalue weighted by Crippen LogP contribution is 2.19. The number of hydrogen-bond donors (Lipinski definition) is 0. The van der Waals surface area contributed by atoms with E-state index in [-0.39, 0.29) is 5.63 Å². The lowest BCUT2D eigenvalue weighted by atomic mass is 10.0. The van der Waals surface area contributed by atoms with Crippen LogP contribution in [0.5, 0.6) is 0 Å². The fourth-order valence-electron chi connectivity index (χ4n) is 2.82. The summed E-state index contributed by atoms with van der Waals surface area (Å²) in [4.78, 5) is 12.0. The van der Waals surface area contributed by atoms with Crippen molar-refractivity contribution in [3.63, 3.8) is 0 Å². The standard InChI is InChI=1S/C20H14O2/c21-20-19-8-4-3-7-17(19)13-18(22-20)12-14-9-10-15-5-1-2-6-16(15)11-14/h1-11,13H,12H2. The fourth-order valence-corrected chi connectivity index (χ4v) is 2.82. The summed E-state index contributed by atoms with van der Waals surface area (Å²) in [6.07, 6.45) is 0.616. The molecule has 0 aliphatic heterocycles. The second-order valence-corrected chi connectivity index (χ2v) is 5.45. The molecule has 3 aromatic carbocycles. The highest BCUT2D eigenvalue weighted by Gasteiger charge is 2.05. The number of benzene rings is 3. The van der Waals surface area contributed by atoms with Crippen molar-refractivity contribution in [1.29, 1.82) is 0 Å². The van der Waals surface area contributed by atoms with Gasteiger partial charge in [0.25, 0.3) is 0 Å². The summed E-state index contributed by atoms with van der Waals surface area (Å²) in [7, 11) is 0. The van der Waals surface area contributed by atoms with E-state index in [9.17, 15) is 4.79 Å². The van der Waals surface area contributed by atoms with E-state index in [0.717, 1.165) is 10.9 Å². The zero-order chi connectivity index (χ0) is 14.9. The Morgan fingerprint density at radius 3 is 2.32 bits per heavy atom. The van der Waals surface area contributed by atoms with Crippen molar-refractivity contribution in [2.45, 2.75) is 6.42 Å². The zero-order valence-electron chi connectivity index (χ0n) is 12.0. The monoisotopic (exact) mass is 286 g/mol. The summed E-state index contributed by atoms with van der Waals surface area (Å²) < 4.78 is 5.45. The molecular formula is C20H14O2. The van der Waals surface area contributed by atoms with Gasteiger partial charge < -0.3 is 4.42 Å². The van der Waals surface area contributed by atoms with Crippen LogP contribution in [0.25, 0.3) is 21.5 Å². The topological polar surface area (TPSA) is 30.2 Å². The summed E-state index contributed by atoms with van der Waals surface area (Å²) >= 11 is 0. The highest BCUT2D eigenvalue weighted by atomic mass is 16.4. The van der Waals surface area contributed by atoms with Crippen LogP contribution < -0.4 is 5.63 Å². The summed E-state index contributed by atoms with van der Waals surface area (Å²) in [5, 5.41) is 3.97. The van der Waals surface area contributed by atoms with Crippen LogP contribution >= 0.6 is 0 Å². The Labute approximate surface area is 127 Å². The molecule has 0 radical (unpaired) electrons. The van der Waals surface area contributed by atoms with Crippen molar-refractivity contribution < 1.29 is 4.42 Å². The number of rotatable bonds is 2. The van der Waals surface area contributed by atoms with Crippen LogP contribution in [0.1, 0.15) is 11.3 Å². The molecule has 0 unspecified atom stereocenters. The number of fused-ring (bicyclic) bond motifs is 2. The lowest BCUT2D eigenvalue weighted by molar-refractivity contribution is 0.476. The quantitative estimate of drug-likeness (QED) is 0.541. The van der Waals surface area contributed by atoms with E-state index in [2.05, 4.69) is 30.3 Å². The number of hydrogen-bond acceptors (Lipinski definition) is 2. The molecule has 22 heavy (non-hydrogen) atoms. The summed E-state index contributed by atoms with van der Waals surface area (Å²) in [5.74, 6) is 0.694. The van der Waals surface area contributed by atoms with E-state index < -0.39 is 0 Å². The molecular weight excluding hydrogens is 272 g/mol. The first kappa shape index (κ1) is 12.8. The van der Waals surface area contributed by atoms with Crippen molar-refractivity contribution in [1.82, 2.24) is 0 Å². The van der Waals surface area contributed by atoms with Crippen LogP contribution in [0.4, 0.5) is 0 Å². The maximum absolute atomic E-state index is 12.0. The van der Waals surface area contributed by atoms with Crippen LogP contribution in [0.2, 0.25) is 0 Å². The predicted molar refractivity (Wildman–Crippen MR) is 89.2 cm³/mol. The lowest BCUT2D eigenvalue weighted by Gasteiger charge is -2.04. The van der Waals surface area contributed by atoms with Gasteiger partial charge in [0.1, 0.15) is 5.76 Å². The van der Waals surface area contributed by atoms with E-state index in [1.807, 2.05) is 36.4 Å². The summed E-state index contributed by atoms with van der Waals surface area (Å²) in [6, 6.07) is 24.0. The summed E-state index contributed by atoms with van der Waals surface area (Å²) in [5.41, 5.74) is 0.867. The molecule has 2 heteroatoms. The molecule has 2 nitrogen and oxygen atoms in total. The van der Waals surface area contributed by atoms with Crippen molar-refractivity contribution in [3.05, 3.63) is 94.5 Å². The smallest absolute Gasteiger partial charge is 0.343 e. The Bertz CT molecular complexity index is 1030. The van der Waals surface area contributed by atoms with Gasteiger partial charge in [-0.3, -0.25) is 0 Å². The Morgan fingerprint density at radius 2 is 1.45 bits per heavy atom. The van der Waals surface area contributed by atoms with E-state index in [1.54, 1.807) is 6.07 Å². The van der Waals surface area contributed by atoms with Crippen LogP contribution in [0.3, 0.4) is 0 Å². The van der Waals surface area contributed by atoms with E-state index >= 15 is 0 Å². The molecule has 0 saturated carbocycles. The van der Waals surface area contributed by atoms with E-state index in [0.29, 0.717) is 17.6 Å². The van der Waals surface area contributed by atoms with Crippen LogP contribution in [0.15, 0.2) is 82.0 Å². The molecule has 0 fully saturated rings. The third-order valence-corrected chi connectivity index (χ3v) is 3.91. The molecule has 0 amide bonds. The molecule has 4 aromatic rings. The van der Waals surface area contributed by atoms with Crippen molar-refractivity contribution in [3.8, 4) is 0 Å². The maximum Gasteiger partial charge on any atom is 0.343 e. The average Bonchev–Trinajstić information content (AvgIpc) is 2.55. The molecule has 0 aliphatic carbocycles. The molecule has 0 saturated heterocycles. The van der Waals surface area contributed by atoms with Gasteiger partial charge in [0.2, 0.25) is 0 Å². The molecule has 0 atom stereocenters. The van der Waals surface area contributed by atoms with Gasteiger partial charge >= 0.3 is 5.63 Å². The van der Waals surface area contributed by atoms with Crippen molar-refractivity contribution in [2.75, 3.05) is 0 Å². The molecule has 0 N–H and O–H groups in total. The van der Waals surface area contributed by atoms with Crippen LogP contribution in [0, 0.1) is 0 Å². The molecule has 4 rings (SSSR count). The lowest BCUT2D eigenvalue weighted by Crippen LogP contribution is -2.02. The second-order valence-electron chi connectivity index (χ2n) is 5.45. The van der Waals surface area contributed by atoms with E-state index in [4.69, 9.17) is 4.42 Å². The molecule has 0 bridgehead atoms. The second kappa shape index (κ2) is 5.15. The predicted octanol–water partition coefficient (Wildman–Crippen LogP) is 4.54. The highest BCUT2D eigenvalue weighted by molar-refractivity contribution is 5.83. The van der Waals surface area contributed by atoms with Gasteiger partial charge in [-0.25, -0.2) is 4.79 Å². The van der Waals surface area contributed by atoms with Gasteiger partial charge in [0, 0.05) is 6.42 Å². The minimum absolute atomic E-state index is 0.270. The largest absolute Gasteiger partial charge is 0.427 e. The van der Waals surface area contributed by atoms with Crippen molar-refractivity contribution in [2.24, 2.45) is 0 Å². The third kappa shape index (κ3) is 2.29. The SMILES string of the molecule is O=c1oc(Cc2ccc3ccccc3c2)cc2ccccc12. The van der Waals surface area contributed by atoms with Gasteiger partial charge in [0.05, 0.1) is 5.39 Å². The molecule has 0 spiro atoms. The third-order valence-electron chi connectivity index (χ3n) is 3.91. The normalized spacial score (nSPS) is 11.1. The van der Waals surface area contributed by atoms with Gasteiger partial charge in [-0.2, -0.15) is 0 Å². The Morgan fingerprint density at radius 1 is 0.727 bits per heavy atom. The molecule has 0 aliphatic rings. The first-order valence-corrected chi connectivity index (χ1v) is 7.29. The zero-order valence-corrected chi connectivity index (χ0v) is 12.0. The first-order chi connectivity index (χ1) is 10.8. The molecule has 1 heterocycles. The Kier molecular flexibility index (Phi) is 3.01. The van der Waals surface area contributed by atoms with Crippen LogP contribution in [-0.4, -0.2) is 0 Å². The minimum atomic E-state index is -0.270. The van der Waals surface area contributed by atoms with Gasteiger partial charge in [-0.1, -0.05) is 60.7 Å².